The van der Waals surface area contributed by atoms with E-state index in [9.17, 15) is 23.9 Å². The number of halogens is 1. The Morgan fingerprint density at radius 3 is 2.49 bits per heavy atom. The lowest BCUT2D eigenvalue weighted by Crippen LogP contribution is -2.49. The second-order valence-electron chi connectivity index (χ2n) is 9.62. The summed E-state index contributed by atoms with van der Waals surface area (Å²) >= 11 is 0. The molecule has 1 spiro atoms. The van der Waals surface area contributed by atoms with Gasteiger partial charge in [0.05, 0.1) is 0 Å². The molecule has 5 rings (SSSR count). The van der Waals surface area contributed by atoms with Gasteiger partial charge in [0.1, 0.15) is 23.8 Å². The fourth-order valence-electron chi connectivity index (χ4n) is 4.91. The largest absolute Gasteiger partial charge is 0.501 e. The van der Waals surface area contributed by atoms with Gasteiger partial charge in [-0.05, 0) is 29.7 Å². The maximum Gasteiger partial charge on any atom is 0.410 e. The van der Waals surface area contributed by atoms with Crippen molar-refractivity contribution in [2.45, 2.75) is 44.6 Å². The summed E-state index contributed by atoms with van der Waals surface area (Å²) in [4.78, 5) is 44.8. The summed E-state index contributed by atoms with van der Waals surface area (Å²) in [5.74, 6) is -1.62. The normalized spacial score (nSPS) is 16.3. The molecule has 2 aliphatic rings. The van der Waals surface area contributed by atoms with Gasteiger partial charge >= 0.3 is 6.09 Å². The molecule has 0 radical (unpaired) electrons. The Kier molecular flexibility index (Phi) is 7.60. The van der Waals surface area contributed by atoms with E-state index in [0.29, 0.717) is 44.5 Å². The number of hydrogen-bond donors (Lipinski definition) is 2. The number of ether oxygens (including phenoxy) is 2. The Morgan fingerprint density at radius 2 is 1.77 bits per heavy atom. The number of piperidine rings is 1. The summed E-state index contributed by atoms with van der Waals surface area (Å²) < 4.78 is 26.2. The van der Waals surface area contributed by atoms with Crippen LogP contribution in [0.3, 0.4) is 0 Å². The van der Waals surface area contributed by atoms with E-state index in [1.54, 1.807) is 4.90 Å². The molecule has 11 heteroatoms. The number of aromatic nitrogens is 2. The van der Waals surface area contributed by atoms with Gasteiger partial charge in [-0.15, -0.1) is 0 Å². The molecule has 2 aromatic carbocycles. The Bertz CT molecular complexity index is 1400. The van der Waals surface area contributed by atoms with E-state index < -0.39 is 40.4 Å². The number of nitrogens with zero attached hydrogens (tertiary/aromatic N) is 3. The second-order valence-corrected chi connectivity index (χ2v) is 9.62. The molecule has 0 unspecified atom stereocenters. The fourth-order valence-corrected chi connectivity index (χ4v) is 4.91. The SMILES string of the molecule is O=C(NCc1ccc(F)cc1)c1nc2n(c(=O)c1O)CCCOC21CCN(C(=O)OCc2ccccc2)CC1. The number of rotatable bonds is 5. The van der Waals surface area contributed by atoms with Crippen LogP contribution in [0.2, 0.25) is 0 Å². The first-order valence-corrected chi connectivity index (χ1v) is 12.8. The molecule has 204 valence electrons. The standard InChI is InChI=1S/C28H29FN4O6/c29-21-9-7-19(8-10-21)17-30-24(35)22-23(34)25(36)33-13-4-16-39-28(26(33)31-22)11-14-32(15-12-28)27(37)38-18-20-5-2-1-3-6-20/h1-3,5-10,34H,4,11-18H2,(H,30,35). The zero-order valence-electron chi connectivity index (χ0n) is 21.3. The zero-order chi connectivity index (χ0) is 27.4. The van der Waals surface area contributed by atoms with E-state index in [2.05, 4.69) is 10.3 Å². The van der Waals surface area contributed by atoms with Gasteiger partial charge in [0.2, 0.25) is 5.75 Å². The molecule has 0 bridgehead atoms. The number of likely N-dealkylation sites (tertiary alicyclic amines) is 1. The first kappa shape index (κ1) is 26.4. The van der Waals surface area contributed by atoms with Gasteiger partial charge in [-0.3, -0.25) is 14.2 Å². The lowest BCUT2D eigenvalue weighted by Gasteiger charge is -2.40. The highest BCUT2D eigenvalue weighted by atomic mass is 19.1. The molecule has 2 aliphatic heterocycles. The van der Waals surface area contributed by atoms with E-state index in [0.717, 1.165) is 5.56 Å². The minimum Gasteiger partial charge on any atom is -0.501 e. The number of nitrogens with one attached hydrogen (secondary N) is 1. The van der Waals surface area contributed by atoms with Crippen molar-refractivity contribution in [3.63, 3.8) is 0 Å². The smallest absolute Gasteiger partial charge is 0.410 e. The lowest BCUT2D eigenvalue weighted by molar-refractivity contribution is -0.0894. The van der Waals surface area contributed by atoms with Crippen LogP contribution in [0.1, 0.15) is 46.7 Å². The van der Waals surface area contributed by atoms with Crippen molar-refractivity contribution in [1.29, 1.82) is 0 Å². The van der Waals surface area contributed by atoms with Gasteiger partial charge in [-0.25, -0.2) is 14.2 Å². The molecule has 2 N–H and O–H groups in total. The first-order chi connectivity index (χ1) is 18.9. The maximum absolute atomic E-state index is 13.2. The number of carbonyl (C=O) groups is 2. The number of amides is 2. The van der Waals surface area contributed by atoms with Gasteiger partial charge in [0.25, 0.3) is 11.5 Å². The van der Waals surface area contributed by atoms with Crippen LogP contribution in [-0.4, -0.2) is 51.3 Å². The third kappa shape index (κ3) is 5.63. The van der Waals surface area contributed by atoms with Crippen molar-refractivity contribution in [1.82, 2.24) is 19.8 Å². The van der Waals surface area contributed by atoms with Crippen molar-refractivity contribution in [3.05, 3.63) is 93.4 Å². The summed E-state index contributed by atoms with van der Waals surface area (Å²) in [6.45, 7) is 1.45. The van der Waals surface area contributed by atoms with Crippen LogP contribution in [0.25, 0.3) is 0 Å². The van der Waals surface area contributed by atoms with Crippen LogP contribution in [-0.2, 0) is 34.8 Å². The summed E-state index contributed by atoms with van der Waals surface area (Å²) in [5, 5.41) is 13.2. The average Bonchev–Trinajstić information content (AvgIpc) is 3.13. The second kappa shape index (κ2) is 11.2. The van der Waals surface area contributed by atoms with Crippen LogP contribution in [0, 0.1) is 5.82 Å². The van der Waals surface area contributed by atoms with Gasteiger partial charge in [-0.1, -0.05) is 42.5 Å². The Hall–Kier alpha value is -4.25. The molecule has 39 heavy (non-hydrogen) atoms. The molecule has 2 amide bonds. The molecule has 3 aromatic rings. The Labute approximate surface area is 224 Å². The molecule has 0 aliphatic carbocycles. The lowest BCUT2D eigenvalue weighted by atomic mass is 9.89. The van der Waals surface area contributed by atoms with Crippen molar-refractivity contribution in [2.24, 2.45) is 0 Å². The number of fused-ring (bicyclic) bond motifs is 2. The maximum atomic E-state index is 13.2. The molecule has 10 nitrogen and oxygen atoms in total. The number of benzene rings is 2. The Balaban J connectivity index is 1.33. The topological polar surface area (TPSA) is 123 Å². The van der Waals surface area contributed by atoms with Crippen molar-refractivity contribution in [3.8, 4) is 5.75 Å². The van der Waals surface area contributed by atoms with Crippen molar-refractivity contribution >= 4 is 12.0 Å². The monoisotopic (exact) mass is 536 g/mol. The molecular weight excluding hydrogens is 507 g/mol. The Morgan fingerprint density at radius 1 is 1.05 bits per heavy atom. The number of carbonyl (C=O) groups excluding carboxylic acids is 2. The van der Waals surface area contributed by atoms with Gasteiger partial charge in [0, 0.05) is 45.6 Å². The molecule has 0 saturated carbocycles. The van der Waals surface area contributed by atoms with E-state index in [1.807, 2.05) is 30.3 Å². The molecule has 0 atom stereocenters. The molecule has 1 fully saturated rings. The zero-order valence-corrected chi connectivity index (χ0v) is 21.3. The van der Waals surface area contributed by atoms with Crippen LogP contribution >= 0.6 is 0 Å². The molecule has 3 heterocycles. The van der Waals surface area contributed by atoms with Crippen molar-refractivity contribution < 1.29 is 28.6 Å². The van der Waals surface area contributed by atoms with E-state index in [-0.39, 0.29) is 25.5 Å². The van der Waals surface area contributed by atoms with E-state index in [1.165, 1.54) is 28.8 Å². The van der Waals surface area contributed by atoms with Gasteiger partial charge < -0.3 is 24.8 Å². The summed E-state index contributed by atoms with van der Waals surface area (Å²) in [7, 11) is 0. The molecule has 1 saturated heterocycles. The number of aromatic hydroxyl groups is 1. The first-order valence-electron chi connectivity index (χ1n) is 12.8. The van der Waals surface area contributed by atoms with Gasteiger partial charge in [-0.2, -0.15) is 0 Å². The van der Waals surface area contributed by atoms with Crippen LogP contribution in [0.5, 0.6) is 5.75 Å². The van der Waals surface area contributed by atoms with Gasteiger partial charge in [0.15, 0.2) is 5.69 Å². The highest BCUT2D eigenvalue weighted by Crippen LogP contribution is 2.38. The average molecular weight is 537 g/mol. The summed E-state index contributed by atoms with van der Waals surface area (Å²) in [5.41, 5.74) is -0.605. The van der Waals surface area contributed by atoms with E-state index in [4.69, 9.17) is 9.47 Å². The van der Waals surface area contributed by atoms with Crippen molar-refractivity contribution in [2.75, 3.05) is 19.7 Å². The van der Waals surface area contributed by atoms with Crippen LogP contribution in [0.15, 0.2) is 59.4 Å². The quantitative estimate of drug-likeness (QED) is 0.514. The molecule has 1 aromatic heterocycles. The minimum absolute atomic E-state index is 0.0559. The highest BCUT2D eigenvalue weighted by Gasteiger charge is 2.44. The van der Waals surface area contributed by atoms with Crippen LogP contribution in [0.4, 0.5) is 9.18 Å². The predicted molar refractivity (Wildman–Crippen MR) is 137 cm³/mol. The molecular formula is C28H29FN4O6. The predicted octanol–water partition coefficient (Wildman–Crippen LogP) is 3.07. The highest BCUT2D eigenvalue weighted by molar-refractivity contribution is 5.94. The van der Waals surface area contributed by atoms with E-state index >= 15 is 0 Å². The fraction of sp³-hybridized carbons (Fsp3) is 0.357. The van der Waals surface area contributed by atoms with Crippen LogP contribution < -0.4 is 10.9 Å². The summed E-state index contributed by atoms with van der Waals surface area (Å²) in [6.07, 6.45) is 0.747. The summed E-state index contributed by atoms with van der Waals surface area (Å²) in [6, 6.07) is 15.0. The third-order valence-electron chi connectivity index (χ3n) is 7.07. The minimum atomic E-state index is -1.01. The third-order valence-corrected chi connectivity index (χ3v) is 7.07. The number of hydrogen-bond acceptors (Lipinski definition) is 7.